The van der Waals surface area contributed by atoms with Gasteiger partial charge in [0.2, 0.25) is 0 Å². The Labute approximate surface area is 117 Å². The fraction of sp³-hybridized carbons (Fsp3) is 0.571. The molecule has 0 aromatic heterocycles. The summed E-state index contributed by atoms with van der Waals surface area (Å²) in [6.45, 7) is -0.157. The number of aliphatic hydroxyl groups excluding tert-OH is 4. The van der Waals surface area contributed by atoms with Crippen molar-refractivity contribution in [2.75, 3.05) is 13.2 Å². The van der Waals surface area contributed by atoms with Gasteiger partial charge in [-0.15, -0.1) is 0 Å². The normalized spacial score (nSPS) is 34.1. The number of hydrogen-bond acceptors (Lipinski definition) is 6. The van der Waals surface area contributed by atoms with Gasteiger partial charge in [0.15, 0.2) is 6.29 Å². The first-order chi connectivity index (χ1) is 9.63. The summed E-state index contributed by atoms with van der Waals surface area (Å²) < 4.78 is 10.6. The van der Waals surface area contributed by atoms with E-state index in [0.717, 1.165) is 5.56 Å². The lowest BCUT2D eigenvalue weighted by molar-refractivity contribution is -0.300. The fourth-order valence-electron chi connectivity index (χ4n) is 2.14. The Hall–Kier alpha value is -1.02. The molecular formula is C14H20O6. The number of benzene rings is 1. The Bertz CT molecular complexity index is 396. The van der Waals surface area contributed by atoms with E-state index in [0.29, 0.717) is 13.0 Å². The summed E-state index contributed by atoms with van der Waals surface area (Å²) in [6.07, 6.45) is -5.46. The zero-order valence-electron chi connectivity index (χ0n) is 11.0. The highest BCUT2D eigenvalue weighted by molar-refractivity contribution is 5.14. The minimum Gasteiger partial charge on any atom is -0.394 e. The Morgan fingerprint density at radius 3 is 2.35 bits per heavy atom. The van der Waals surface area contributed by atoms with Crippen LogP contribution in [0.3, 0.4) is 0 Å². The summed E-state index contributed by atoms with van der Waals surface area (Å²) in [7, 11) is 0. The van der Waals surface area contributed by atoms with Gasteiger partial charge in [-0.3, -0.25) is 0 Å². The van der Waals surface area contributed by atoms with Gasteiger partial charge < -0.3 is 29.9 Å². The molecule has 1 aliphatic heterocycles. The Morgan fingerprint density at radius 2 is 1.70 bits per heavy atom. The highest BCUT2D eigenvalue weighted by Crippen LogP contribution is 2.22. The maximum atomic E-state index is 9.78. The van der Waals surface area contributed by atoms with Crippen molar-refractivity contribution in [3.05, 3.63) is 35.9 Å². The first kappa shape index (κ1) is 15.4. The van der Waals surface area contributed by atoms with Gasteiger partial charge in [-0.05, 0) is 12.0 Å². The lowest BCUT2D eigenvalue weighted by Crippen LogP contribution is -2.59. The zero-order valence-corrected chi connectivity index (χ0v) is 11.0. The molecule has 0 amide bonds. The molecule has 1 aromatic rings. The van der Waals surface area contributed by atoms with Crippen LogP contribution in [0.25, 0.3) is 0 Å². The van der Waals surface area contributed by atoms with Crippen LogP contribution in [-0.2, 0) is 15.9 Å². The van der Waals surface area contributed by atoms with Crippen LogP contribution in [0.4, 0.5) is 0 Å². The second-order valence-corrected chi connectivity index (χ2v) is 4.80. The first-order valence-electron chi connectivity index (χ1n) is 6.59. The quantitative estimate of drug-likeness (QED) is 0.556. The molecule has 4 N–H and O–H groups in total. The van der Waals surface area contributed by atoms with Gasteiger partial charge in [0.1, 0.15) is 24.4 Å². The Morgan fingerprint density at radius 1 is 1.00 bits per heavy atom. The van der Waals surface area contributed by atoms with E-state index in [1.54, 1.807) is 0 Å². The van der Waals surface area contributed by atoms with E-state index in [1.807, 2.05) is 30.3 Å². The summed E-state index contributed by atoms with van der Waals surface area (Å²) in [5.41, 5.74) is 1.08. The van der Waals surface area contributed by atoms with Gasteiger partial charge in [-0.25, -0.2) is 0 Å². The van der Waals surface area contributed by atoms with Gasteiger partial charge in [-0.1, -0.05) is 30.3 Å². The lowest BCUT2D eigenvalue weighted by Gasteiger charge is -2.39. The molecule has 1 aromatic carbocycles. The highest BCUT2D eigenvalue weighted by atomic mass is 16.7. The van der Waals surface area contributed by atoms with Gasteiger partial charge >= 0.3 is 0 Å². The summed E-state index contributed by atoms with van der Waals surface area (Å²) >= 11 is 0. The van der Waals surface area contributed by atoms with Crippen molar-refractivity contribution in [1.29, 1.82) is 0 Å². The summed E-state index contributed by atoms with van der Waals surface area (Å²) in [4.78, 5) is 0. The smallest absolute Gasteiger partial charge is 0.186 e. The van der Waals surface area contributed by atoms with Crippen molar-refractivity contribution in [1.82, 2.24) is 0 Å². The van der Waals surface area contributed by atoms with Crippen LogP contribution in [0.5, 0.6) is 0 Å². The summed E-state index contributed by atoms with van der Waals surface area (Å²) in [5, 5.41) is 38.1. The fourth-order valence-corrected chi connectivity index (χ4v) is 2.14. The number of hydrogen-bond donors (Lipinski definition) is 4. The number of ether oxygens (including phenoxy) is 2. The molecule has 1 fully saturated rings. The molecule has 1 heterocycles. The maximum absolute atomic E-state index is 9.78. The predicted molar refractivity (Wildman–Crippen MR) is 69.9 cm³/mol. The molecule has 112 valence electrons. The molecule has 20 heavy (non-hydrogen) atoms. The molecule has 5 atom stereocenters. The largest absolute Gasteiger partial charge is 0.394 e. The third-order valence-electron chi connectivity index (χ3n) is 3.36. The second-order valence-electron chi connectivity index (χ2n) is 4.80. The molecular weight excluding hydrogens is 264 g/mol. The van der Waals surface area contributed by atoms with E-state index in [1.165, 1.54) is 0 Å². The molecule has 0 unspecified atom stereocenters. The molecule has 0 aliphatic carbocycles. The molecule has 0 radical (unpaired) electrons. The van der Waals surface area contributed by atoms with Gasteiger partial charge in [0.05, 0.1) is 13.2 Å². The van der Waals surface area contributed by atoms with Crippen molar-refractivity contribution < 1.29 is 29.9 Å². The van der Waals surface area contributed by atoms with E-state index < -0.39 is 37.3 Å². The predicted octanol–water partition coefficient (Wildman–Crippen LogP) is -0.954. The van der Waals surface area contributed by atoms with E-state index in [-0.39, 0.29) is 0 Å². The van der Waals surface area contributed by atoms with Crippen molar-refractivity contribution in [2.24, 2.45) is 0 Å². The van der Waals surface area contributed by atoms with Crippen molar-refractivity contribution >= 4 is 0 Å². The van der Waals surface area contributed by atoms with Gasteiger partial charge in [-0.2, -0.15) is 0 Å². The summed E-state index contributed by atoms with van der Waals surface area (Å²) in [6, 6.07) is 9.67. The third-order valence-corrected chi connectivity index (χ3v) is 3.36. The SMILES string of the molecule is OC[C@H]1O[C@H](OCCc2ccccc2)[C@H](O)[C@@H](O)[C@@H]1O. The first-order valence-corrected chi connectivity index (χ1v) is 6.59. The molecule has 6 heteroatoms. The van der Waals surface area contributed by atoms with Crippen LogP contribution in [0.1, 0.15) is 5.56 Å². The van der Waals surface area contributed by atoms with Crippen LogP contribution in [0.15, 0.2) is 30.3 Å². The van der Waals surface area contributed by atoms with Crippen LogP contribution < -0.4 is 0 Å². The third kappa shape index (κ3) is 3.54. The van der Waals surface area contributed by atoms with Crippen LogP contribution in [0.2, 0.25) is 0 Å². The number of aliphatic hydroxyl groups is 4. The molecule has 1 saturated heterocycles. The average Bonchev–Trinajstić information content (AvgIpc) is 2.48. The van der Waals surface area contributed by atoms with E-state index >= 15 is 0 Å². The van der Waals surface area contributed by atoms with Crippen molar-refractivity contribution in [2.45, 2.75) is 37.1 Å². The summed E-state index contributed by atoms with van der Waals surface area (Å²) in [5.74, 6) is 0. The van der Waals surface area contributed by atoms with E-state index in [4.69, 9.17) is 14.6 Å². The molecule has 2 rings (SSSR count). The molecule has 0 spiro atoms. The van der Waals surface area contributed by atoms with E-state index in [2.05, 4.69) is 0 Å². The molecule has 0 bridgehead atoms. The van der Waals surface area contributed by atoms with Crippen molar-refractivity contribution in [3.8, 4) is 0 Å². The average molecular weight is 284 g/mol. The molecule has 6 nitrogen and oxygen atoms in total. The van der Waals surface area contributed by atoms with E-state index in [9.17, 15) is 15.3 Å². The Kier molecular flexibility index (Phi) is 5.47. The second kappa shape index (κ2) is 7.12. The molecule has 0 saturated carbocycles. The van der Waals surface area contributed by atoms with Crippen LogP contribution in [0, 0.1) is 0 Å². The minimum atomic E-state index is -1.40. The minimum absolute atomic E-state index is 0.298. The Balaban J connectivity index is 1.85. The van der Waals surface area contributed by atoms with Crippen molar-refractivity contribution in [3.63, 3.8) is 0 Å². The highest BCUT2D eigenvalue weighted by Gasteiger charge is 2.43. The lowest BCUT2D eigenvalue weighted by atomic mass is 9.99. The topological polar surface area (TPSA) is 99.4 Å². The van der Waals surface area contributed by atoms with Crippen LogP contribution in [-0.4, -0.2) is 64.3 Å². The zero-order chi connectivity index (χ0) is 14.5. The van der Waals surface area contributed by atoms with Gasteiger partial charge in [0.25, 0.3) is 0 Å². The maximum Gasteiger partial charge on any atom is 0.186 e. The standard InChI is InChI=1S/C14H20O6/c15-8-10-11(16)12(17)13(18)14(20-10)19-7-6-9-4-2-1-3-5-9/h1-5,10-18H,6-8H2/t10-,11-,12+,13-,14+/m1/s1. The number of rotatable bonds is 5. The van der Waals surface area contributed by atoms with Crippen LogP contribution >= 0.6 is 0 Å². The monoisotopic (exact) mass is 284 g/mol. The molecule has 1 aliphatic rings. The van der Waals surface area contributed by atoms with Gasteiger partial charge in [0, 0.05) is 0 Å².